The molecule has 0 aliphatic carbocycles. The molecule has 8 heavy (non-hydrogen) atoms. The Balaban J connectivity index is -0.0000000750. The fraction of sp³-hybridized carbons (Fsp3) is 1.00. The van der Waals surface area contributed by atoms with Crippen LogP contribution >= 0.6 is 0 Å². The summed E-state index contributed by atoms with van der Waals surface area (Å²) in [7, 11) is 9.50. The van der Waals surface area contributed by atoms with Crippen LogP contribution in [0.2, 0.25) is 0 Å². The number of quaternary nitrogens is 1. The Bertz CT molecular complexity index is 25.9. The highest BCUT2D eigenvalue weighted by molar-refractivity contribution is 3.87. The lowest BCUT2D eigenvalue weighted by atomic mass is 10.8. The van der Waals surface area contributed by atoms with Crippen molar-refractivity contribution in [3.05, 3.63) is 0 Å². The number of aliphatic hydroxyl groups is 1. The highest BCUT2D eigenvalue weighted by atomic mass is 16.2. The summed E-state index contributed by atoms with van der Waals surface area (Å²) in [4.78, 5) is 0. The van der Waals surface area contributed by atoms with Crippen LogP contribution in [0, 0.1) is 0 Å². The van der Waals surface area contributed by atoms with E-state index < -0.39 is 0 Å². The molecule has 0 amide bonds. The van der Waals surface area contributed by atoms with Gasteiger partial charge in [0.1, 0.15) is 0 Å². The predicted molar refractivity (Wildman–Crippen MR) is 34.0 cm³/mol. The summed E-state index contributed by atoms with van der Waals surface area (Å²) in [5.74, 6) is 0. The van der Waals surface area contributed by atoms with Gasteiger partial charge in [0.25, 0.3) is 0 Å². The molecule has 54 valence electrons. The van der Waals surface area contributed by atoms with Gasteiger partial charge in [-0.15, -0.1) is 0 Å². The lowest BCUT2D eigenvalue weighted by Gasteiger charge is -2.14. The third-order valence-electron chi connectivity index (χ3n) is 0. The van der Waals surface area contributed by atoms with Gasteiger partial charge in [-0.25, -0.2) is 0 Å². The van der Waals surface area contributed by atoms with Crippen molar-refractivity contribution in [3.8, 4) is 0 Å². The largest absolute Gasteiger partial charge is 0.870 e. The zero-order chi connectivity index (χ0) is 6.50. The molecule has 0 aliphatic rings. The monoisotopic (exact) mass is 123 g/mol. The summed E-state index contributed by atoms with van der Waals surface area (Å²) < 4.78 is 1.00. The quantitative estimate of drug-likeness (QED) is 0.452. The molecule has 3 nitrogen and oxygen atoms in total. The second-order valence-electron chi connectivity index (χ2n) is 2.68. The van der Waals surface area contributed by atoms with Crippen molar-refractivity contribution >= 4 is 0 Å². The summed E-state index contributed by atoms with van der Waals surface area (Å²) in [6.45, 7) is 0. The van der Waals surface area contributed by atoms with Crippen LogP contribution in [0.25, 0.3) is 0 Å². The van der Waals surface area contributed by atoms with E-state index in [0.717, 1.165) is 11.6 Å². The van der Waals surface area contributed by atoms with Gasteiger partial charge in [-0.2, -0.15) is 0 Å². The molecule has 0 radical (unpaired) electrons. The van der Waals surface area contributed by atoms with Gasteiger partial charge in [0.05, 0.1) is 28.2 Å². The van der Waals surface area contributed by atoms with Crippen LogP contribution in [0.15, 0.2) is 0 Å². The molecular weight excluding hydrogens is 106 g/mol. The Hall–Kier alpha value is -0.120. The van der Waals surface area contributed by atoms with Crippen molar-refractivity contribution < 1.29 is 15.1 Å². The first-order chi connectivity index (χ1) is 3.00. The Morgan fingerprint density at radius 2 is 0.875 bits per heavy atom. The van der Waals surface area contributed by atoms with Crippen molar-refractivity contribution in [2.24, 2.45) is 0 Å². The van der Waals surface area contributed by atoms with Gasteiger partial charge < -0.3 is 15.1 Å². The van der Waals surface area contributed by atoms with Gasteiger partial charge in [0.2, 0.25) is 0 Å². The van der Waals surface area contributed by atoms with Crippen molar-refractivity contribution in [3.63, 3.8) is 0 Å². The lowest BCUT2D eigenvalue weighted by molar-refractivity contribution is -0.849. The van der Waals surface area contributed by atoms with Crippen molar-refractivity contribution in [2.75, 3.05) is 35.3 Å². The molecule has 2 N–H and O–H groups in total. The molecular formula is C5H17NO2. The molecule has 0 saturated carbocycles. The zero-order valence-electron chi connectivity index (χ0n) is 6.34. The smallest absolute Gasteiger partial charge is 0.0675 e. The number of rotatable bonds is 0. The average Bonchev–Trinajstić information content (AvgIpc) is 1.36. The molecule has 3 heteroatoms. The van der Waals surface area contributed by atoms with Crippen LogP contribution in [0.3, 0.4) is 0 Å². The van der Waals surface area contributed by atoms with Crippen LogP contribution in [0.1, 0.15) is 0 Å². The second-order valence-corrected chi connectivity index (χ2v) is 2.68. The Kier molecular flexibility index (Phi) is 13.5. The Labute approximate surface area is 51.4 Å². The maximum absolute atomic E-state index is 7.00. The molecule has 0 bridgehead atoms. The normalized spacial score (nSPS) is 8.25. The summed E-state index contributed by atoms with van der Waals surface area (Å²) in [5.41, 5.74) is 0. The van der Waals surface area contributed by atoms with Gasteiger partial charge in [-0.3, -0.25) is 0 Å². The van der Waals surface area contributed by atoms with E-state index in [0.29, 0.717) is 0 Å². The molecule has 0 spiro atoms. The Morgan fingerprint density at radius 1 is 0.875 bits per heavy atom. The minimum atomic E-state index is 0. The molecule has 0 aromatic carbocycles. The van der Waals surface area contributed by atoms with Crippen LogP contribution in [-0.4, -0.2) is 50.4 Å². The predicted octanol–water partition coefficient (Wildman–Crippen LogP) is -0.246. The highest BCUT2D eigenvalue weighted by Gasteiger charge is 1.88. The average molecular weight is 123 g/mol. The second kappa shape index (κ2) is 6.88. The molecule has 0 saturated heterocycles. The van der Waals surface area contributed by atoms with E-state index in [4.69, 9.17) is 5.11 Å². The van der Waals surface area contributed by atoms with Crippen LogP contribution in [-0.2, 0) is 0 Å². The van der Waals surface area contributed by atoms with E-state index in [1.807, 2.05) is 0 Å². The van der Waals surface area contributed by atoms with E-state index in [9.17, 15) is 0 Å². The van der Waals surface area contributed by atoms with E-state index in [1.54, 1.807) is 0 Å². The number of hydrogen-bond donors (Lipinski definition) is 1. The maximum atomic E-state index is 7.00. The minimum Gasteiger partial charge on any atom is -0.870 e. The van der Waals surface area contributed by atoms with E-state index in [-0.39, 0.29) is 5.48 Å². The van der Waals surface area contributed by atoms with Crippen molar-refractivity contribution in [1.29, 1.82) is 0 Å². The first-order valence-electron chi connectivity index (χ1n) is 2.24. The van der Waals surface area contributed by atoms with Crippen molar-refractivity contribution in [2.45, 2.75) is 0 Å². The van der Waals surface area contributed by atoms with Gasteiger partial charge in [0, 0.05) is 7.11 Å². The minimum absolute atomic E-state index is 0. The first-order valence-corrected chi connectivity index (χ1v) is 2.24. The fourth-order valence-corrected chi connectivity index (χ4v) is 0. The van der Waals surface area contributed by atoms with E-state index >= 15 is 0 Å². The van der Waals surface area contributed by atoms with Crippen molar-refractivity contribution in [1.82, 2.24) is 0 Å². The third-order valence-corrected chi connectivity index (χ3v) is 0. The number of hydrogen-bond acceptors (Lipinski definition) is 2. The van der Waals surface area contributed by atoms with Gasteiger partial charge in [0.15, 0.2) is 0 Å². The number of aliphatic hydroxyl groups excluding tert-OH is 1. The third kappa shape index (κ3) is 9720. The molecule has 0 heterocycles. The molecule has 0 rings (SSSR count). The summed E-state index contributed by atoms with van der Waals surface area (Å²) in [6, 6.07) is 0. The topological polar surface area (TPSA) is 50.2 Å². The molecule has 0 aromatic rings. The summed E-state index contributed by atoms with van der Waals surface area (Å²) >= 11 is 0. The van der Waals surface area contributed by atoms with E-state index in [1.165, 1.54) is 0 Å². The van der Waals surface area contributed by atoms with Gasteiger partial charge in [-0.1, -0.05) is 0 Å². The van der Waals surface area contributed by atoms with Crippen LogP contribution < -0.4 is 0 Å². The molecule has 0 fully saturated rings. The highest BCUT2D eigenvalue weighted by Crippen LogP contribution is 1.73. The van der Waals surface area contributed by atoms with Crippen LogP contribution in [0.5, 0.6) is 0 Å². The Morgan fingerprint density at radius 3 is 0.875 bits per heavy atom. The first kappa shape index (κ1) is 15.7. The van der Waals surface area contributed by atoms with Gasteiger partial charge >= 0.3 is 0 Å². The SMILES string of the molecule is CO.C[N+](C)(C)C.[OH-]. The maximum Gasteiger partial charge on any atom is 0.0675 e. The van der Waals surface area contributed by atoms with E-state index in [2.05, 4.69) is 28.2 Å². The molecule has 0 aromatic heterocycles. The molecule has 0 unspecified atom stereocenters. The fourth-order valence-electron chi connectivity index (χ4n) is 0. The lowest BCUT2D eigenvalue weighted by Crippen LogP contribution is -2.27. The van der Waals surface area contributed by atoms with Crippen LogP contribution in [0.4, 0.5) is 0 Å². The summed E-state index contributed by atoms with van der Waals surface area (Å²) in [5, 5.41) is 7.00. The number of nitrogens with zero attached hydrogens (tertiary/aromatic N) is 1. The zero-order valence-corrected chi connectivity index (χ0v) is 6.34. The standard InChI is InChI=1S/C4H12N.CH4O.H2O/c1-5(2,3)4;1-2;/h1-4H3;2H,1H3;1H2/q+1;;/p-1. The molecule has 0 atom stereocenters. The molecule has 0 aliphatic heterocycles. The summed E-state index contributed by atoms with van der Waals surface area (Å²) in [6.07, 6.45) is 0. The van der Waals surface area contributed by atoms with Gasteiger partial charge in [-0.05, 0) is 0 Å².